The Morgan fingerprint density at radius 1 is 1.16 bits per heavy atom. The Labute approximate surface area is 178 Å². The summed E-state index contributed by atoms with van der Waals surface area (Å²) in [5, 5.41) is 2.52. The van der Waals surface area contributed by atoms with Crippen LogP contribution in [-0.4, -0.2) is 71.6 Å². The number of likely N-dealkylation sites (N-methyl/N-ethyl adjacent to an activating group) is 1. The molecule has 2 heterocycles. The van der Waals surface area contributed by atoms with Gasteiger partial charge in [0.1, 0.15) is 11.7 Å². The Bertz CT molecular complexity index is 957. The Morgan fingerprint density at radius 2 is 1.84 bits per heavy atom. The number of amides is 3. The number of hydrogen-bond acceptors (Lipinski definition) is 6. The summed E-state index contributed by atoms with van der Waals surface area (Å²) in [6.45, 7) is 0.195. The van der Waals surface area contributed by atoms with Crippen LogP contribution in [0.25, 0.3) is 0 Å². The van der Waals surface area contributed by atoms with Gasteiger partial charge in [-0.3, -0.25) is 28.9 Å². The minimum atomic E-state index is -1.64. The quantitative estimate of drug-likeness (QED) is 0.525. The van der Waals surface area contributed by atoms with Gasteiger partial charge in [0, 0.05) is 27.2 Å². The van der Waals surface area contributed by atoms with Gasteiger partial charge < -0.3 is 10.2 Å². The van der Waals surface area contributed by atoms with Crippen LogP contribution >= 0.6 is 0 Å². The predicted octanol–water partition coefficient (Wildman–Crippen LogP) is 0.0777. The SMILES string of the molecule is CN(C)C(=O)C(=O)[C@H]1CCCCN2C(=O)C(=O)C(C(=O)NCc3ccc(F)cc3)N=C12. The van der Waals surface area contributed by atoms with Gasteiger partial charge in [-0.15, -0.1) is 0 Å². The number of ketones is 2. The Kier molecular flexibility index (Phi) is 6.57. The van der Waals surface area contributed by atoms with Crippen molar-refractivity contribution in [2.45, 2.75) is 31.8 Å². The first kappa shape index (κ1) is 22.3. The molecule has 0 spiro atoms. The predicted molar refractivity (Wildman–Crippen MR) is 107 cm³/mol. The number of fused-ring (bicyclic) bond motifs is 1. The van der Waals surface area contributed by atoms with Gasteiger partial charge in [-0.1, -0.05) is 18.6 Å². The molecule has 31 heavy (non-hydrogen) atoms. The fraction of sp³-hybridized carbons (Fsp3) is 0.429. The molecular weight excluding hydrogens is 407 g/mol. The topological polar surface area (TPSA) is 116 Å². The van der Waals surface area contributed by atoms with Crippen molar-refractivity contribution in [3.05, 3.63) is 35.6 Å². The number of Topliss-reactive ketones (excluding diaryl/α,β-unsaturated/α-hetero) is 2. The highest BCUT2D eigenvalue weighted by molar-refractivity contribution is 6.48. The van der Waals surface area contributed by atoms with Gasteiger partial charge in [0.05, 0.1) is 5.92 Å². The second-order valence-electron chi connectivity index (χ2n) is 7.67. The molecule has 2 aliphatic heterocycles. The third-order valence-corrected chi connectivity index (χ3v) is 5.24. The maximum absolute atomic E-state index is 13.0. The van der Waals surface area contributed by atoms with Gasteiger partial charge in [0.15, 0.2) is 6.04 Å². The highest BCUT2D eigenvalue weighted by atomic mass is 19.1. The molecule has 9 nitrogen and oxygen atoms in total. The normalized spacial score (nSPS) is 21.0. The van der Waals surface area contributed by atoms with Crippen molar-refractivity contribution in [1.29, 1.82) is 0 Å². The number of carbonyl (C=O) groups is 5. The van der Waals surface area contributed by atoms with E-state index in [-0.39, 0.29) is 18.9 Å². The molecule has 1 aromatic carbocycles. The molecule has 3 amide bonds. The molecular formula is C21H23FN4O5. The molecule has 164 valence electrons. The van der Waals surface area contributed by atoms with E-state index in [2.05, 4.69) is 10.3 Å². The van der Waals surface area contributed by atoms with Crippen molar-refractivity contribution in [1.82, 2.24) is 15.1 Å². The van der Waals surface area contributed by atoms with Crippen LogP contribution in [0, 0.1) is 11.7 Å². The van der Waals surface area contributed by atoms with Crippen molar-refractivity contribution >= 4 is 35.1 Å². The number of nitrogens with one attached hydrogen (secondary N) is 1. The number of amidine groups is 1. The summed E-state index contributed by atoms with van der Waals surface area (Å²) in [4.78, 5) is 69.2. The number of carbonyl (C=O) groups excluding carboxylic acids is 5. The molecule has 1 aromatic rings. The molecule has 1 saturated heterocycles. The van der Waals surface area contributed by atoms with Crippen molar-refractivity contribution in [2.75, 3.05) is 20.6 Å². The van der Waals surface area contributed by atoms with E-state index >= 15 is 0 Å². The van der Waals surface area contributed by atoms with Crippen LogP contribution in [0.15, 0.2) is 29.3 Å². The van der Waals surface area contributed by atoms with Crippen molar-refractivity contribution in [2.24, 2.45) is 10.9 Å². The minimum Gasteiger partial charge on any atom is -0.350 e. The minimum absolute atomic E-state index is 0.00707. The smallest absolute Gasteiger partial charge is 0.298 e. The van der Waals surface area contributed by atoms with Crippen molar-refractivity contribution < 1.29 is 28.4 Å². The van der Waals surface area contributed by atoms with Gasteiger partial charge in [-0.05, 0) is 30.5 Å². The fourth-order valence-electron chi connectivity index (χ4n) is 3.54. The molecule has 0 radical (unpaired) electrons. The van der Waals surface area contributed by atoms with E-state index < -0.39 is 47.1 Å². The van der Waals surface area contributed by atoms with Crippen LogP contribution < -0.4 is 5.32 Å². The number of rotatable bonds is 5. The highest BCUT2D eigenvalue weighted by Crippen LogP contribution is 2.25. The second kappa shape index (κ2) is 9.15. The lowest BCUT2D eigenvalue weighted by Crippen LogP contribution is -2.56. The van der Waals surface area contributed by atoms with Crippen molar-refractivity contribution in [3.8, 4) is 0 Å². The van der Waals surface area contributed by atoms with Crippen LogP contribution in [0.3, 0.4) is 0 Å². The summed E-state index contributed by atoms with van der Waals surface area (Å²) < 4.78 is 13.0. The van der Waals surface area contributed by atoms with Crippen LogP contribution in [0.5, 0.6) is 0 Å². The Hall–Kier alpha value is -3.43. The zero-order valence-electron chi connectivity index (χ0n) is 17.3. The van der Waals surface area contributed by atoms with Crippen LogP contribution in [0.4, 0.5) is 4.39 Å². The third-order valence-electron chi connectivity index (χ3n) is 5.24. The standard InChI is InChI=1S/C21H23FN4O5/c1-25(2)20(30)16(27)14-5-3-4-10-26-18(14)24-15(17(28)21(26)31)19(29)23-11-12-6-8-13(22)9-7-12/h6-9,14-15H,3-5,10-11H2,1-2H3,(H,23,29)/t14-,15?/m1/s1. The lowest BCUT2D eigenvalue weighted by atomic mass is 9.94. The summed E-state index contributed by atoms with van der Waals surface area (Å²) in [6, 6.07) is 3.78. The van der Waals surface area contributed by atoms with Gasteiger partial charge in [-0.25, -0.2) is 9.38 Å². The first-order chi connectivity index (χ1) is 14.7. The van der Waals surface area contributed by atoms with E-state index in [0.717, 1.165) is 9.80 Å². The number of aliphatic imine (C=N–C) groups is 1. The summed E-state index contributed by atoms with van der Waals surface area (Å²) in [5.41, 5.74) is 0.595. The molecule has 10 heteroatoms. The maximum Gasteiger partial charge on any atom is 0.298 e. The molecule has 2 aliphatic rings. The first-order valence-corrected chi connectivity index (χ1v) is 9.91. The van der Waals surface area contributed by atoms with E-state index in [9.17, 15) is 28.4 Å². The number of nitrogens with zero attached hydrogens (tertiary/aromatic N) is 3. The van der Waals surface area contributed by atoms with E-state index in [1.165, 1.54) is 38.4 Å². The van der Waals surface area contributed by atoms with Gasteiger partial charge in [0.2, 0.25) is 5.78 Å². The molecule has 0 aliphatic carbocycles. The highest BCUT2D eigenvalue weighted by Gasteiger charge is 2.46. The summed E-state index contributed by atoms with van der Waals surface area (Å²) >= 11 is 0. The zero-order chi connectivity index (χ0) is 22.7. The van der Waals surface area contributed by atoms with Crippen molar-refractivity contribution in [3.63, 3.8) is 0 Å². The fourth-order valence-corrected chi connectivity index (χ4v) is 3.54. The summed E-state index contributed by atoms with van der Waals surface area (Å²) in [7, 11) is 2.88. The lowest BCUT2D eigenvalue weighted by molar-refractivity contribution is -0.146. The average Bonchev–Trinajstić information content (AvgIpc) is 2.97. The first-order valence-electron chi connectivity index (χ1n) is 9.91. The van der Waals surface area contributed by atoms with E-state index in [0.29, 0.717) is 24.8 Å². The van der Waals surface area contributed by atoms with E-state index in [4.69, 9.17) is 0 Å². The molecule has 1 N–H and O–H groups in total. The second-order valence-corrected chi connectivity index (χ2v) is 7.67. The zero-order valence-corrected chi connectivity index (χ0v) is 17.3. The van der Waals surface area contributed by atoms with Crippen LogP contribution in [-0.2, 0) is 30.5 Å². The molecule has 0 aromatic heterocycles. The number of hydrogen-bond donors (Lipinski definition) is 1. The van der Waals surface area contributed by atoms with Crippen LogP contribution in [0.2, 0.25) is 0 Å². The molecule has 0 saturated carbocycles. The number of benzene rings is 1. The Balaban J connectivity index is 1.86. The largest absolute Gasteiger partial charge is 0.350 e. The summed E-state index contributed by atoms with van der Waals surface area (Å²) in [5.74, 6) is -5.61. The molecule has 1 fully saturated rings. The van der Waals surface area contributed by atoms with Gasteiger partial charge in [-0.2, -0.15) is 0 Å². The maximum atomic E-state index is 13.0. The summed E-state index contributed by atoms with van der Waals surface area (Å²) in [6.07, 6.45) is 1.40. The van der Waals surface area contributed by atoms with Crippen LogP contribution in [0.1, 0.15) is 24.8 Å². The molecule has 0 bridgehead atoms. The average molecular weight is 430 g/mol. The lowest BCUT2D eigenvalue weighted by Gasteiger charge is -2.31. The van der Waals surface area contributed by atoms with Gasteiger partial charge >= 0.3 is 0 Å². The molecule has 2 atom stereocenters. The van der Waals surface area contributed by atoms with E-state index in [1.807, 2.05) is 0 Å². The number of halogens is 1. The monoisotopic (exact) mass is 430 g/mol. The van der Waals surface area contributed by atoms with Gasteiger partial charge in [0.25, 0.3) is 23.5 Å². The molecule has 1 unspecified atom stereocenters. The Morgan fingerprint density at radius 3 is 2.48 bits per heavy atom. The molecule has 3 rings (SSSR count). The third kappa shape index (κ3) is 4.68. The van der Waals surface area contributed by atoms with E-state index in [1.54, 1.807) is 0 Å².